The normalized spacial score (nSPS) is 11.0. The van der Waals surface area contributed by atoms with Crippen LogP contribution in [0, 0.1) is 10.1 Å². The van der Waals surface area contributed by atoms with Gasteiger partial charge in [0.1, 0.15) is 0 Å². The molecule has 0 aliphatic heterocycles. The largest absolute Gasteiger partial charge is 0.403 e. The van der Waals surface area contributed by atoms with Crippen molar-refractivity contribution in [2.24, 2.45) is 0 Å². The number of anilines is 1. The number of nitrogens with one attached hydrogen (secondary N) is 1. The lowest BCUT2D eigenvalue weighted by Crippen LogP contribution is -2.07. The summed E-state index contributed by atoms with van der Waals surface area (Å²) in [6, 6.07) is 7.55. The molecule has 132 valence electrons. The highest BCUT2D eigenvalue weighted by Gasteiger charge is 2.14. The van der Waals surface area contributed by atoms with Gasteiger partial charge in [0.15, 0.2) is 0 Å². The summed E-state index contributed by atoms with van der Waals surface area (Å²) in [5, 5.41) is 21.4. The third-order valence-electron chi connectivity index (χ3n) is 3.01. The molecule has 0 unspecified atom stereocenters. The molecule has 3 rings (SSSR count). The first-order chi connectivity index (χ1) is 12.4. The third kappa shape index (κ3) is 4.26. The first kappa shape index (κ1) is 18.1. The van der Waals surface area contributed by atoms with Crippen molar-refractivity contribution in [1.29, 1.82) is 0 Å². The lowest BCUT2D eigenvalue weighted by Gasteiger charge is -1.99. The zero-order valence-electron chi connectivity index (χ0n) is 12.7. The Bertz CT molecular complexity index is 1010. The summed E-state index contributed by atoms with van der Waals surface area (Å²) in [5.74, 6) is -0.431. The molecule has 1 aromatic carbocycles. The molecule has 0 fully saturated rings. The Kier molecular flexibility index (Phi) is 5.31. The van der Waals surface area contributed by atoms with Gasteiger partial charge in [0.05, 0.1) is 15.5 Å². The van der Waals surface area contributed by atoms with Crippen LogP contribution in [0.2, 0.25) is 10.0 Å². The number of hydrogen-bond acceptors (Lipinski definition) is 7. The smallest absolute Gasteiger partial charge is 0.324 e. The minimum Gasteiger partial charge on any atom is -0.403 e. The Morgan fingerprint density at radius 1 is 1.27 bits per heavy atom. The summed E-state index contributed by atoms with van der Waals surface area (Å²) < 4.78 is 5.35. The summed E-state index contributed by atoms with van der Waals surface area (Å²) in [7, 11) is 0. The maximum absolute atomic E-state index is 11.9. The Morgan fingerprint density at radius 3 is 2.81 bits per heavy atom. The average Bonchev–Trinajstić information content (AvgIpc) is 3.24. The number of halogens is 2. The molecule has 0 saturated heterocycles. The van der Waals surface area contributed by atoms with Crippen molar-refractivity contribution in [2.75, 3.05) is 5.32 Å². The van der Waals surface area contributed by atoms with E-state index < -0.39 is 10.8 Å². The van der Waals surface area contributed by atoms with Crippen LogP contribution in [0.25, 0.3) is 17.5 Å². The Hall–Kier alpha value is -2.75. The van der Waals surface area contributed by atoms with E-state index in [-0.39, 0.29) is 16.9 Å². The van der Waals surface area contributed by atoms with Crippen LogP contribution in [0.3, 0.4) is 0 Å². The molecule has 26 heavy (non-hydrogen) atoms. The summed E-state index contributed by atoms with van der Waals surface area (Å²) >= 11 is 12.9. The second-order valence-electron chi connectivity index (χ2n) is 4.79. The highest BCUT2D eigenvalue weighted by atomic mass is 35.5. The van der Waals surface area contributed by atoms with Gasteiger partial charge in [-0.2, -0.15) is 0 Å². The van der Waals surface area contributed by atoms with Gasteiger partial charge in [0.2, 0.25) is 0 Å². The van der Waals surface area contributed by atoms with E-state index in [9.17, 15) is 14.9 Å². The number of nitrogens with zero attached hydrogens (tertiary/aromatic N) is 3. The van der Waals surface area contributed by atoms with Crippen LogP contribution in [0.1, 0.15) is 4.88 Å². The molecular formula is C15H8Cl2N4O4S. The summed E-state index contributed by atoms with van der Waals surface area (Å²) in [4.78, 5) is 22.6. The van der Waals surface area contributed by atoms with Gasteiger partial charge in [-0.25, -0.2) is 0 Å². The van der Waals surface area contributed by atoms with Gasteiger partial charge in [-0.15, -0.1) is 5.10 Å². The zero-order valence-corrected chi connectivity index (χ0v) is 15.0. The van der Waals surface area contributed by atoms with Crippen molar-refractivity contribution in [3.05, 3.63) is 61.4 Å². The molecule has 0 bridgehead atoms. The molecule has 0 atom stereocenters. The Balaban J connectivity index is 1.68. The summed E-state index contributed by atoms with van der Waals surface area (Å²) in [6.45, 7) is 0. The van der Waals surface area contributed by atoms with E-state index in [2.05, 4.69) is 15.5 Å². The lowest BCUT2D eigenvalue weighted by molar-refractivity contribution is -0.380. The number of benzene rings is 1. The van der Waals surface area contributed by atoms with Gasteiger partial charge in [-0.3, -0.25) is 20.2 Å². The van der Waals surface area contributed by atoms with Crippen LogP contribution in [0.4, 0.5) is 11.0 Å². The first-order valence-electron chi connectivity index (χ1n) is 6.94. The highest BCUT2D eigenvalue weighted by molar-refractivity contribution is 7.16. The van der Waals surface area contributed by atoms with Gasteiger partial charge in [-0.05, 0) is 30.3 Å². The van der Waals surface area contributed by atoms with Gasteiger partial charge in [0, 0.05) is 22.0 Å². The van der Waals surface area contributed by atoms with Crippen molar-refractivity contribution < 1.29 is 14.1 Å². The predicted molar refractivity (Wildman–Crippen MR) is 98.4 cm³/mol. The van der Waals surface area contributed by atoms with Crippen LogP contribution in [-0.2, 0) is 4.79 Å². The van der Waals surface area contributed by atoms with Crippen LogP contribution in [-0.4, -0.2) is 21.0 Å². The number of aromatic nitrogens is 2. The topological polar surface area (TPSA) is 111 Å². The zero-order chi connectivity index (χ0) is 18.7. The molecule has 1 N–H and O–H groups in total. The molecule has 1 amide bonds. The molecule has 3 aromatic rings. The predicted octanol–water partition coefficient (Wildman–Crippen LogP) is 4.67. The quantitative estimate of drug-likeness (QED) is 0.371. The maximum Gasteiger partial charge on any atom is 0.324 e. The van der Waals surface area contributed by atoms with Crippen molar-refractivity contribution in [3.8, 4) is 11.5 Å². The fourth-order valence-electron chi connectivity index (χ4n) is 1.88. The minimum absolute atomic E-state index is 0.00926. The number of carbonyl (C=O) groups excluding carboxylic acids is 1. The van der Waals surface area contributed by atoms with Crippen LogP contribution < -0.4 is 5.32 Å². The number of nitro groups is 1. The fraction of sp³-hybridized carbons (Fsp3) is 0. The van der Waals surface area contributed by atoms with E-state index >= 15 is 0 Å². The van der Waals surface area contributed by atoms with Crippen molar-refractivity contribution >= 4 is 57.5 Å². The molecule has 11 heteroatoms. The van der Waals surface area contributed by atoms with Gasteiger partial charge in [-0.1, -0.05) is 39.6 Å². The number of carbonyl (C=O) groups is 1. The summed E-state index contributed by atoms with van der Waals surface area (Å²) in [5.41, 5.74) is 0.439. The van der Waals surface area contributed by atoms with E-state index in [1.54, 1.807) is 24.3 Å². The minimum atomic E-state index is -0.534. The van der Waals surface area contributed by atoms with Gasteiger partial charge >= 0.3 is 11.0 Å². The standard InChI is InChI=1S/C15H8Cl2N4O4S/c16-8-1-4-11(17)10(7-8)14-19-20-15(25-14)18-12(22)5-2-9-3-6-13(26-9)21(23)24/h1-7H,(H,18,20,22). The monoisotopic (exact) mass is 410 g/mol. The molecule has 0 aliphatic rings. The Morgan fingerprint density at radius 2 is 2.08 bits per heavy atom. The van der Waals surface area contributed by atoms with Crippen molar-refractivity contribution in [1.82, 2.24) is 10.2 Å². The van der Waals surface area contributed by atoms with Crippen LogP contribution in [0.15, 0.2) is 40.8 Å². The van der Waals surface area contributed by atoms with E-state index in [1.807, 2.05) is 0 Å². The number of thiophene rings is 1. The summed E-state index contributed by atoms with van der Waals surface area (Å²) in [6.07, 6.45) is 2.64. The second-order valence-corrected chi connectivity index (χ2v) is 6.73. The first-order valence-corrected chi connectivity index (χ1v) is 8.52. The molecule has 8 nitrogen and oxygen atoms in total. The average molecular weight is 411 g/mol. The van der Waals surface area contributed by atoms with Crippen molar-refractivity contribution in [3.63, 3.8) is 0 Å². The van der Waals surface area contributed by atoms with Gasteiger partial charge < -0.3 is 4.42 Å². The lowest BCUT2D eigenvalue weighted by atomic mass is 10.2. The molecule has 0 saturated carbocycles. The van der Waals surface area contributed by atoms with E-state index in [0.29, 0.717) is 20.5 Å². The molecule has 2 aromatic heterocycles. The third-order valence-corrected chi connectivity index (χ3v) is 4.57. The Labute approximate surface area is 160 Å². The fourth-order valence-corrected chi connectivity index (χ4v) is 2.97. The van der Waals surface area contributed by atoms with Crippen molar-refractivity contribution in [2.45, 2.75) is 0 Å². The van der Waals surface area contributed by atoms with Crippen LogP contribution in [0.5, 0.6) is 0 Å². The number of rotatable bonds is 5. The second kappa shape index (κ2) is 7.65. The molecule has 0 spiro atoms. The van der Waals surface area contributed by atoms with E-state index in [0.717, 1.165) is 11.3 Å². The van der Waals surface area contributed by atoms with E-state index in [1.165, 1.54) is 18.2 Å². The molecule has 0 aliphatic carbocycles. The number of amides is 1. The molecule has 2 heterocycles. The number of hydrogen-bond donors (Lipinski definition) is 1. The SMILES string of the molecule is O=C(C=Cc1ccc([N+](=O)[O-])s1)Nc1nnc(-c2cc(Cl)ccc2Cl)o1. The maximum atomic E-state index is 11.9. The van der Waals surface area contributed by atoms with E-state index in [4.69, 9.17) is 27.6 Å². The van der Waals surface area contributed by atoms with Gasteiger partial charge in [0.25, 0.3) is 11.8 Å². The molecular weight excluding hydrogens is 403 g/mol. The van der Waals surface area contributed by atoms with Crippen LogP contribution >= 0.6 is 34.5 Å². The highest BCUT2D eigenvalue weighted by Crippen LogP contribution is 2.30. The molecule has 0 radical (unpaired) electrons.